The molecular formula is C28H31N3O3. The summed E-state index contributed by atoms with van der Waals surface area (Å²) >= 11 is 0. The summed E-state index contributed by atoms with van der Waals surface area (Å²) in [7, 11) is 4.06. The Morgan fingerprint density at radius 1 is 0.912 bits per heavy atom. The van der Waals surface area contributed by atoms with Gasteiger partial charge < -0.3 is 24.1 Å². The van der Waals surface area contributed by atoms with E-state index in [2.05, 4.69) is 51.6 Å². The molecule has 0 saturated heterocycles. The summed E-state index contributed by atoms with van der Waals surface area (Å²) in [5, 5.41) is 3.37. The van der Waals surface area contributed by atoms with Crippen molar-refractivity contribution in [2.24, 2.45) is 0 Å². The van der Waals surface area contributed by atoms with Crippen molar-refractivity contribution in [3.63, 3.8) is 0 Å². The molecule has 0 radical (unpaired) electrons. The SMILES string of the molecule is CN(C)c1ccc(C=Cc2nc3ccc(OCCOCCNCc4ccccc4)cc3o2)cc1. The van der Waals surface area contributed by atoms with Crippen LogP contribution in [0.1, 0.15) is 17.0 Å². The molecule has 6 heteroatoms. The monoisotopic (exact) mass is 457 g/mol. The maximum Gasteiger partial charge on any atom is 0.220 e. The summed E-state index contributed by atoms with van der Waals surface area (Å²) in [6.45, 7) is 3.30. The second-order valence-electron chi connectivity index (χ2n) is 8.12. The Hall–Kier alpha value is -3.61. The smallest absolute Gasteiger partial charge is 0.220 e. The third kappa shape index (κ3) is 6.94. The molecular weight excluding hydrogens is 426 g/mol. The van der Waals surface area contributed by atoms with Crippen LogP contribution in [0.3, 0.4) is 0 Å². The highest BCUT2D eigenvalue weighted by atomic mass is 16.5. The molecule has 0 fully saturated rings. The fraction of sp³-hybridized carbons (Fsp3) is 0.250. The second-order valence-corrected chi connectivity index (χ2v) is 8.12. The average Bonchev–Trinajstić information content (AvgIpc) is 3.27. The molecule has 6 nitrogen and oxygen atoms in total. The Balaban J connectivity index is 1.19. The predicted molar refractivity (Wildman–Crippen MR) is 138 cm³/mol. The summed E-state index contributed by atoms with van der Waals surface area (Å²) in [5.41, 5.74) is 5.02. The van der Waals surface area contributed by atoms with E-state index in [0.29, 0.717) is 31.3 Å². The van der Waals surface area contributed by atoms with Gasteiger partial charge in [-0.2, -0.15) is 0 Å². The molecule has 4 rings (SSSR count). The zero-order valence-electron chi connectivity index (χ0n) is 19.7. The van der Waals surface area contributed by atoms with Crippen molar-refractivity contribution >= 4 is 28.9 Å². The number of aromatic nitrogens is 1. The quantitative estimate of drug-likeness (QED) is 0.293. The van der Waals surface area contributed by atoms with Crippen LogP contribution in [-0.2, 0) is 11.3 Å². The van der Waals surface area contributed by atoms with Gasteiger partial charge in [-0.15, -0.1) is 0 Å². The average molecular weight is 458 g/mol. The minimum atomic E-state index is 0.480. The molecule has 0 saturated carbocycles. The third-order valence-corrected chi connectivity index (χ3v) is 5.30. The van der Waals surface area contributed by atoms with E-state index in [9.17, 15) is 0 Å². The molecule has 1 aromatic heterocycles. The number of hydrogen-bond acceptors (Lipinski definition) is 6. The van der Waals surface area contributed by atoms with E-state index in [-0.39, 0.29) is 0 Å². The van der Waals surface area contributed by atoms with Crippen LogP contribution in [0.2, 0.25) is 0 Å². The third-order valence-electron chi connectivity index (χ3n) is 5.30. The molecule has 34 heavy (non-hydrogen) atoms. The Labute approximate surface area is 200 Å². The fourth-order valence-corrected chi connectivity index (χ4v) is 3.43. The van der Waals surface area contributed by atoms with Gasteiger partial charge >= 0.3 is 0 Å². The van der Waals surface area contributed by atoms with Crippen LogP contribution in [0.4, 0.5) is 5.69 Å². The Morgan fingerprint density at radius 2 is 1.74 bits per heavy atom. The zero-order chi connectivity index (χ0) is 23.6. The molecule has 0 atom stereocenters. The van der Waals surface area contributed by atoms with E-state index in [1.165, 1.54) is 5.56 Å². The molecule has 0 aliphatic rings. The summed E-state index contributed by atoms with van der Waals surface area (Å²) in [6.07, 6.45) is 3.87. The summed E-state index contributed by atoms with van der Waals surface area (Å²) in [5.74, 6) is 1.31. The number of fused-ring (bicyclic) bond motifs is 1. The molecule has 0 aliphatic heterocycles. The number of hydrogen-bond donors (Lipinski definition) is 1. The maximum absolute atomic E-state index is 5.87. The van der Waals surface area contributed by atoms with Crippen molar-refractivity contribution in [3.8, 4) is 5.75 Å². The minimum absolute atomic E-state index is 0.480. The van der Waals surface area contributed by atoms with Gasteiger partial charge in [-0.05, 0) is 41.5 Å². The molecule has 0 unspecified atom stereocenters. The van der Waals surface area contributed by atoms with Gasteiger partial charge in [-0.1, -0.05) is 42.5 Å². The Bertz CT molecular complexity index is 1180. The predicted octanol–water partition coefficient (Wildman–Crippen LogP) is 5.25. The first-order valence-corrected chi connectivity index (χ1v) is 11.5. The normalized spacial score (nSPS) is 11.4. The number of anilines is 1. The summed E-state index contributed by atoms with van der Waals surface area (Å²) in [6, 6.07) is 24.3. The van der Waals surface area contributed by atoms with Crippen molar-refractivity contribution in [1.82, 2.24) is 10.3 Å². The van der Waals surface area contributed by atoms with E-state index >= 15 is 0 Å². The molecule has 1 N–H and O–H groups in total. The second kappa shape index (κ2) is 12.0. The molecule has 176 valence electrons. The van der Waals surface area contributed by atoms with Gasteiger partial charge in [0.25, 0.3) is 0 Å². The number of oxazole rings is 1. The minimum Gasteiger partial charge on any atom is -0.491 e. The summed E-state index contributed by atoms with van der Waals surface area (Å²) < 4.78 is 17.3. The lowest BCUT2D eigenvalue weighted by Gasteiger charge is -2.11. The van der Waals surface area contributed by atoms with Crippen LogP contribution in [-0.4, -0.2) is 45.4 Å². The standard InChI is InChI=1S/C28H31N3O3/c1-31(2)24-11-8-22(9-12-24)10-15-28-30-26-14-13-25(20-27(26)34-28)33-19-18-32-17-16-29-21-23-6-4-3-5-7-23/h3-15,20,29H,16-19,21H2,1-2H3. The van der Waals surface area contributed by atoms with Gasteiger partial charge in [0.05, 0.1) is 13.2 Å². The number of benzene rings is 3. The van der Waals surface area contributed by atoms with Crippen LogP contribution in [0.25, 0.3) is 23.3 Å². The van der Waals surface area contributed by atoms with Gasteiger partial charge in [0, 0.05) is 45.0 Å². The highest BCUT2D eigenvalue weighted by molar-refractivity contribution is 5.77. The number of nitrogens with one attached hydrogen (secondary N) is 1. The Kier molecular flexibility index (Phi) is 8.32. The van der Waals surface area contributed by atoms with E-state index in [1.54, 1.807) is 0 Å². The van der Waals surface area contributed by atoms with Gasteiger partial charge in [0.1, 0.15) is 17.9 Å². The van der Waals surface area contributed by atoms with Crippen molar-refractivity contribution in [2.45, 2.75) is 6.54 Å². The van der Waals surface area contributed by atoms with Crippen molar-refractivity contribution in [3.05, 3.63) is 89.8 Å². The first-order valence-electron chi connectivity index (χ1n) is 11.5. The number of rotatable bonds is 12. The first-order chi connectivity index (χ1) is 16.7. The number of nitrogens with zero attached hydrogens (tertiary/aromatic N) is 2. The molecule has 4 aromatic rings. The van der Waals surface area contributed by atoms with E-state index in [0.717, 1.165) is 35.6 Å². The van der Waals surface area contributed by atoms with Crippen LogP contribution in [0, 0.1) is 0 Å². The van der Waals surface area contributed by atoms with Gasteiger partial charge in [-0.3, -0.25) is 0 Å². The Morgan fingerprint density at radius 3 is 2.53 bits per heavy atom. The van der Waals surface area contributed by atoms with Crippen LogP contribution in [0.5, 0.6) is 5.75 Å². The maximum atomic E-state index is 5.87. The zero-order valence-corrected chi connectivity index (χ0v) is 19.7. The van der Waals surface area contributed by atoms with Crippen molar-refractivity contribution in [2.75, 3.05) is 45.4 Å². The fourth-order valence-electron chi connectivity index (χ4n) is 3.43. The largest absolute Gasteiger partial charge is 0.491 e. The van der Waals surface area contributed by atoms with Crippen molar-refractivity contribution in [1.29, 1.82) is 0 Å². The molecule has 0 spiro atoms. The van der Waals surface area contributed by atoms with Crippen molar-refractivity contribution < 1.29 is 13.9 Å². The number of ether oxygens (including phenoxy) is 2. The topological polar surface area (TPSA) is 59.8 Å². The molecule has 0 bridgehead atoms. The van der Waals surface area contributed by atoms with E-state index in [4.69, 9.17) is 13.9 Å². The van der Waals surface area contributed by atoms with Gasteiger partial charge in [0.2, 0.25) is 5.89 Å². The molecule has 1 heterocycles. The summed E-state index contributed by atoms with van der Waals surface area (Å²) in [4.78, 5) is 6.60. The van der Waals surface area contributed by atoms with Gasteiger partial charge in [-0.25, -0.2) is 4.98 Å². The molecule has 0 aliphatic carbocycles. The van der Waals surface area contributed by atoms with Gasteiger partial charge in [0.15, 0.2) is 5.58 Å². The highest BCUT2D eigenvalue weighted by Gasteiger charge is 2.05. The first kappa shape index (κ1) is 23.5. The van der Waals surface area contributed by atoms with Crippen LogP contribution < -0.4 is 15.0 Å². The van der Waals surface area contributed by atoms with Crippen LogP contribution in [0.15, 0.2) is 77.2 Å². The molecule has 3 aromatic carbocycles. The van der Waals surface area contributed by atoms with E-state index < -0.39 is 0 Å². The lowest BCUT2D eigenvalue weighted by atomic mass is 10.2. The lowest BCUT2D eigenvalue weighted by molar-refractivity contribution is 0.102. The van der Waals surface area contributed by atoms with Crippen LogP contribution >= 0.6 is 0 Å². The molecule has 0 amide bonds. The van der Waals surface area contributed by atoms with E-state index in [1.807, 2.05) is 62.6 Å². The highest BCUT2D eigenvalue weighted by Crippen LogP contribution is 2.23. The lowest BCUT2D eigenvalue weighted by Crippen LogP contribution is -2.20.